The molecule has 1 rings (SSSR count). The Morgan fingerprint density at radius 1 is 1.47 bits per heavy atom. The van der Waals surface area contributed by atoms with Crippen LogP contribution >= 0.6 is 15.9 Å². The van der Waals surface area contributed by atoms with E-state index in [0.717, 1.165) is 6.07 Å². The normalized spacial score (nSPS) is 11.5. The Balaban J connectivity index is 3.48. The van der Waals surface area contributed by atoms with E-state index in [-0.39, 0.29) is 10.5 Å². The van der Waals surface area contributed by atoms with Crippen molar-refractivity contribution in [1.82, 2.24) is 0 Å². The molecule has 0 bridgehead atoms. The Morgan fingerprint density at radius 3 is 2.53 bits per heavy atom. The molecule has 4 nitrogen and oxygen atoms in total. The molecule has 1 N–H and O–H groups in total. The number of benzene rings is 1. The van der Waals surface area contributed by atoms with Gasteiger partial charge in [-0.2, -0.15) is 0 Å². The van der Waals surface area contributed by atoms with Crippen LogP contribution in [-0.2, 0) is 9.84 Å². The summed E-state index contributed by atoms with van der Waals surface area (Å²) < 4.78 is 36.0. The average molecular weight is 325 g/mol. The second-order valence-corrected chi connectivity index (χ2v) is 6.33. The number of halogens is 2. The van der Waals surface area contributed by atoms with E-state index in [1.165, 1.54) is 13.0 Å². The highest BCUT2D eigenvalue weighted by molar-refractivity contribution is 9.10. The summed E-state index contributed by atoms with van der Waals surface area (Å²) in [4.78, 5) is 10.7. The van der Waals surface area contributed by atoms with Crippen LogP contribution in [0.15, 0.2) is 21.5 Å². The topological polar surface area (TPSA) is 71.4 Å². The molecule has 0 spiro atoms. The molecule has 0 aliphatic carbocycles. The number of hydrogen-bond donors (Lipinski definition) is 1. The minimum absolute atomic E-state index is 0.151. The van der Waals surface area contributed by atoms with Crippen LogP contribution in [0, 0.1) is 6.92 Å². The fraction of sp³-hybridized carbons (Fsp3) is 0.300. The molecule has 0 amide bonds. The highest BCUT2D eigenvalue weighted by atomic mass is 79.9. The van der Waals surface area contributed by atoms with Gasteiger partial charge < -0.3 is 5.11 Å². The van der Waals surface area contributed by atoms with E-state index < -0.39 is 28.2 Å². The molecule has 0 saturated carbocycles. The lowest BCUT2D eigenvalue weighted by molar-refractivity contribution is 0.0696. The maximum Gasteiger partial charge on any atom is 0.335 e. The van der Waals surface area contributed by atoms with Gasteiger partial charge in [-0.25, -0.2) is 17.6 Å². The highest BCUT2D eigenvalue weighted by Gasteiger charge is 2.20. The zero-order valence-corrected chi connectivity index (χ0v) is 11.3. The van der Waals surface area contributed by atoms with Gasteiger partial charge in [-0.15, -0.1) is 0 Å². The van der Waals surface area contributed by atoms with Gasteiger partial charge in [0.15, 0.2) is 9.84 Å². The predicted octanol–water partition coefficient (Wildman–Crippen LogP) is 2.20. The van der Waals surface area contributed by atoms with Crippen molar-refractivity contribution >= 4 is 31.7 Å². The van der Waals surface area contributed by atoms with E-state index in [9.17, 15) is 17.6 Å². The average Bonchev–Trinajstić information content (AvgIpc) is 2.21. The number of hydrogen-bond acceptors (Lipinski definition) is 3. The zero-order valence-electron chi connectivity index (χ0n) is 8.91. The molecule has 0 radical (unpaired) electrons. The van der Waals surface area contributed by atoms with Crippen molar-refractivity contribution in [2.75, 3.05) is 12.4 Å². The van der Waals surface area contributed by atoms with Crippen LogP contribution in [0.5, 0.6) is 0 Å². The first-order valence-corrected chi connectivity index (χ1v) is 7.06. The van der Waals surface area contributed by atoms with Crippen LogP contribution < -0.4 is 0 Å². The van der Waals surface area contributed by atoms with Crippen molar-refractivity contribution in [2.24, 2.45) is 0 Å². The summed E-state index contributed by atoms with van der Waals surface area (Å²) in [6.07, 6.45) is 0. The summed E-state index contributed by atoms with van der Waals surface area (Å²) in [7, 11) is -3.79. The lowest BCUT2D eigenvalue weighted by Gasteiger charge is -2.09. The lowest BCUT2D eigenvalue weighted by atomic mass is 10.1. The lowest BCUT2D eigenvalue weighted by Crippen LogP contribution is -2.11. The zero-order chi connectivity index (χ0) is 13.2. The largest absolute Gasteiger partial charge is 0.478 e. The van der Waals surface area contributed by atoms with Gasteiger partial charge in [0.05, 0.1) is 16.2 Å². The summed E-state index contributed by atoms with van der Waals surface area (Å²) in [5, 5.41) is 8.83. The SMILES string of the molecule is Cc1c(Br)cc(C(=O)O)cc1S(=O)(=O)CCF. The first-order valence-electron chi connectivity index (χ1n) is 4.61. The van der Waals surface area contributed by atoms with Crippen LogP contribution in [0.4, 0.5) is 4.39 Å². The Kier molecular flexibility index (Phi) is 4.26. The molecule has 0 unspecified atom stereocenters. The molecule has 7 heteroatoms. The molecule has 0 aliphatic heterocycles. The number of aromatic carboxylic acids is 1. The Bertz CT molecular complexity index is 554. The van der Waals surface area contributed by atoms with Crippen LogP contribution in [-0.4, -0.2) is 31.9 Å². The minimum Gasteiger partial charge on any atom is -0.478 e. The number of sulfone groups is 1. The molecule has 0 fully saturated rings. The van der Waals surface area contributed by atoms with Gasteiger partial charge in [-0.05, 0) is 24.6 Å². The van der Waals surface area contributed by atoms with Crippen LogP contribution in [0.2, 0.25) is 0 Å². The van der Waals surface area contributed by atoms with Crippen molar-refractivity contribution in [3.63, 3.8) is 0 Å². The van der Waals surface area contributed by atoms with E-state index in [0.29, 0.717) is 10.0 Å². The Morgan fingerprint density at radius 2 is 2.06 bits per heavy atom. The maximum atomic E-state index is 12.2. The number of carbonyl (C=O) groups is 1. The van der Waals surface area contributed by atoms with Gasteiger partial charge in [0.1, 0.15) is 6.67 Å². The van der Waals surface area contributed by atoms with E-state index in [2.05, 4.69) is 15.9 Å². The number of alkyl halides is 1. The fourth-order valence-electron chi connectivity index (χ4n) is 1.31. The maximum absolute atomic E-state index is 12.2. The first kappa shape index (κ1) is 14.1. The molecular formula is C10H10BrFO4S. The summed E-state index contributed by atoms with van der Waals surface area (Å²) in [6, 6.07) is 2.36. The number of carboxylic acids is 1. The second-order valence-electron chi connectivity index (χ2n) is 3.39. The van der Waals surface area contributed by atoms with Crippen molar-refractivity contribution < 1.29 is 22.7 Å². The molecule has 1 aromatic rings. The fourth-order valence-corrected chi connectivity index (χ4v) is 3.21. The van der Waals surface area contributed by atoms with Crippen molar-refractivity contribution in [3.05, 3.63) is 27.7 Å². The number of rotatable bonds is 4. The third-order valence-corrected chi connectivity index (χ3v) is 4.83. The molecule has 0 aromatic heterocycles. The quantitative estimate of drug-likeness (QED) is 0.921. The van der Waals surface area contributed by atoms with Crippen LogP contribution in [0.25, 0.3) is 0 Å². The predicted molar refractivity (Wildman–Crippen MR) is 63.9 cm³/mol. The Hall–Kier alpha value is -0.950. The minimum atomic E-state index is -3.79. The summed E-state index contributed by atoms with van der Waals surface area (Å²) in [5.41, 5.74) is 0.225. The molecule has 0 saturated heterocycles. The van der Waals surface area contributed by atoms with Gasteiger partial charge >= 0.3 is 5.97 Å². The van der Waals surface area contributed by atoms with Crippen molar-refractivity contribution in [2.45, 2.75) is 11.8 Å². The van der Waals surface area contributed by atoms with E-state index in [1.807, 2.05) is 0 Å². The summed E-state index contributed by atoms with van der Waals surface area (Å²) >= 11 is 3.09. The van der Waals surface area contributed by atoms with Gasteiger partial charge in [-0.3, -0.25) is 0 Å². The Labute approximate surface area is 107 Å². The monoisotopic (exact) mass is 324 g/mol. The molecule has 0 atom stereocenters. The molecule has 1 aromatic carbocycles. The molecule has 17 heavy (non-hydrogen) atoms. The number of carboxylic acid groups (broad SMARTS) is 1. The van der Waals surface area contributed by atoms with Crippen molar-refractivity contribution in [3.8, 4) is 0 Å². The van der Waals surface area contributed by atoms with Gasteiger partial charge in [0.2, 0.25) is 0 Å². The van der Waals surface area contributed by atoms with Crippen LogP contribution in [0.1, 0.15) is 15.9 Å². The summed E-state index contributed by atoms with van der Waals surface area (Å²) in [5.74, 6) is -1.88. The summed E-state index contributed by atoms with van der Waals surface area (Å²) in [6.45, 7) is 0.525. The van der Waals surface area contributed by atoms with E-state index >= 15 is 0 Å². The standard InChI is InChI=1S/C10H10BrFO4S/c1-6-8(11)4-7(10(13)14)5-9(6)17(15,16)3-2-12/h4-5H,2-3H2,1H3,(H,13,14). The van der Waals surface area contributed by atoms with E-state index in [1.54, 1.807) is 0 Å². The van der Waals surface area contributed by atoms with Gasteiger partial charge in [-0.1, -0.05) is 15.9 Å². The molecule has 0 heterocycles. The first-order chi connectivity index (χ1) is 7.79. The third kappa shape index (κ3) is 3.04. The van der Waals surface area contributed by atoms with E-state index in [4.69, 9.17) is 5.11 Å². The smallest absolute Gasteiger partial charge is 0.335 e. The second kappa shape index (κ2) is 5.14. The molecule has 0 aliphatic rings. The van der Waals surface area contributed by atoms with Gasteiger partial charge in [0.25, 0.3) is 0 Å². The third-order valence-electron chi connectivity index (χ3n) is 2.22. The molecular weight excluding hydrogens is 315 g/mol. The van der Waals surface area contributed by atoms with Gasteiger partial charge in [0, 0.05) is 4.47 Å². The highest BCUT2D eigenvalue weighted by Crippen LogP contribution is 2.26. The molecule has 94 valence electrons. The van der Waals surface area contributed by atoms with Crippen LogP contribution in [0.3, 0.4) is 0 Å². The van der Waals surface area contributed by atoms with Crippen molar-refractivity contribution in [1.29, 1.82) is 0 Å².